The number of rotatable bonds is 3. The first-order chi connectivity index (χ1) is 15.6. The van der Waals surface area contributed by atoms with Gasteiger partial charge in [-0.15, -0.1) is 0 Å². The van der Waals surface area contributed by atoms with Crippen molar-refractivity contribution in [1.82, 2.24) is 19.2 Å². The third kappa shape index (κ3) is 2.89. The Morgan fingerprint density at radius 3 is 2.56 bits per heavy atom. The van der Waals surface area contributed by atoms with Crippen molar-refractivity contribution in [2.75, 3.05) is 6.79 Å². The summed E-state index contributed by atoms with van der Waals surface area (Å²) < 4.78 is 14.9. The van der Waals surface area contributed by atoms with Gasteiger partial charge in [0, 0.05) is 23.5 Å². The Balaban J connectivity index is 1.37. The molecule has 2 aliphatic rings. The van der Waals surface area contributed by atoms with Crippen LogP contribution < -0.4 is 9.47 Å². The van der Waals surface area contributed by atoms with Gasteiger partial charge in [-0.2, -0.15) is 5.10 Å². The Bertz CT molecular complexity index is 1350. The number of benzene rings is 2. The molecule has 7 nitrogen and oxygen atoms in total. The van der Waals surface area contributed by atoms with Crippen molar-refractivity contribution in [2.45, 2.75) is 26.9 Å². The summed E-state index contributed by atoms with van der Waals surface area (Å²) in [7, 11) is 0. The summed E-state index contributed by atoms with van der Waals surface area (Å²) in [6.07, 6.45) is 4.02. The zero-order valence-electron chi connectivity index (χ0n) is 17.9. The van der Waals surface area contributed by atoms with Crippen molar-refractivity contribution >= 4 is 5.91 Å². The third-order valence-corrected chi connectivity index (χ3v) is 6.22. The zero-order chi connectivity index (χ0) is 21.8. The highest BCUT2D eigenvalue weighted by atomic mass is 16.7. The number of aryl methyl sites for hydroxylation is 2. The van der Waals surface area contributed by atoms with Crippen LogP contribution >= 0.6 is 0 Å². The van der Waals surface area contributed by atoms with E-state index in [1.165, 1.54) is 11.1 Å². The van der Waals surface area contributed by atoms with Crippen molar-refractivity contribution < 1.29 is 14.3 Å². The second kappa shape index (κ2) is 7.02. The first kappa shape index (κ1) is 18.7. The van der Waals surface area contributed by atoms with Crippen LogP contribution in [-0.4, -0.2) is 31.9 Å². The first-order valence-electron chi connectivity index (χ1n) is 10.6. The van der Waals surface area contributed by atoms with Gasteiger partial charge in [0.2, 0.25) is 6.79 Å². The minimum Gasteiger partial charge on any atom is -0.454 e. The summed E-state index contributed by atoms with van der Waals surface area (Å²) in [6, 6.07) is 15.7. The van der Waals surface area contributed by atoms with Crippen molar-refractivity contribution in [2.24, 2.45) is 0 Å². The number of carbonyl (C=O) groups is 1. The molecule has 4 heterocycles. The molecule has 0 radical (unpaired) electrons. The van der Waals surface area contributed by atoms with E-state index in [1.54, 1.807) is 18.2 Å². The summed E-state index contributed by atoms with van der Waals surface area (Å²) in [5, 5.41) is 4.93. The number of hydrogen-bond donors (Lipinski definition) is 0. The lowest BCUT2D eigenvalue weighted by Crippen LogP contribution is -2.26. The number of amides is 1. The maximum atomic E-state index is 13.2. The predicted molar refractivity (Wildman–Crippen MR) is 119 cm³/mol. The van der Waals surface area contributed by atoms with Crippen LogP contribution in [0.15, 0.2) is 60.9 Å². The number of nitrogens with zero attached hydrogens (tertiary/aromatic N) is 4. The topological polar surface area (TPSA) is 61.5 Å². The van der Waals surface area contributed by atoms with Gasteiger partial charge in [0.25, 0.3) is 5.91 Å². The molecule has 0 fully saturated rings. The Labute approximate surface area is 185 Å². The molecule has 2 aromatic carbocycles. The number of fused-ring (bicyclic) bond motifs is 2. The number of hydrogen-bond acceptors (Lipinski definition) is 4. The maximum absolute atomic E-state index is 13.2. The molecule has 160 valence electrons. The first-order valence-corrected chi connectivity index (χ1v) is 10.6. The van der Waals surface area contributed by atoms with Gasteiger partial charge in [-0.1, -0.05) is 6.07 Å². The van der Waals surface area contributed by atoms with Gasteiger partial charge in [0.1, 0.15) is 5.82 Å². The predicted octanol–water partition coefficient (Wildman–Crippen LogP) is 4.16. The molecule has 2 aromatic heterocycles. The van der Waals surface area contributed by atoms with Crippen LogP contribution in [0, 0.1) is 13.8 Å². The fourth-order valence-corrected chi connectivity index (χ4v) is 4.34. The highest BCUT2D eigenvalue weighted by Gasteiger charge is 2.32. The van der Waals surface area contributed by atoms with E-state index >= 15 is 0 Å². The second-order valence-electron chi connectivity index (χ2n) is 8.25. The smallest absolute Gasteiger partial charge is 0.254 e. The Morgan fingerprint density at radius 2 is 1.75 bits per heavy atom. The van der Waals surface area contributed by atoms with Crippen molar-refractivity contribution in [1.29, 1.82) is 0 Å². The van der Waals surface area contributed by atoms with Gasteiger partial charge in [0.15, 0.2) is 11.5 Å². The standard InChI is InChI=1S/C25H22N4O3/c1-16-5-7-19(11-17(16)2)29-24(27-9-3-4-10-27)20-13-28(14-21(20)26-29)25(30)18-6-8-22-23(12-18)32-15-31-22/h3-12H,13-15H2,1-2H3. The summed E-state index contributed by atoms with van der Waals surface area (Å²) in [6.45, 7) is 5.37. The van der Waals surface area contributed by atoms with E-state index in [0.29, 0.717) is 30.2 Å². The highest BCUT2D eigenvalue weighted by Crippen LogP contribution is 2.35. The molecule has 0 spiro atoms. The number of carbonyl (C=O) groups excluding carboxylic acids is 1. The fraction of sp³-hybridized carbons (Fsp3) is 0.200. The van der Waals surface area contributed by atoms with Gasteiger partial charge in [0.05, 0.1) is 24.5 Å². The molecule has 0 atom stereocenters. The molecule has 0 unspecified atom stereocenters. The maximum Gasteiger partial charge on any atom is 0.254 e. The average Bonchev–Trinajstić information content (AvgIpc) is 3.57. The largest absolute Gasteiger partial charge is 0.454 e. The van der Waals surface area contributed by atoms with E-state index in [1.807, 2.05) is 34.1 Å². The monoisotopic (exact) mass is 426 g/mol. The molecule has 0 aliphatic carbocycles. The van der Waals surface area contributed by atoms with Gasteiger partial charge in [-0.25, -0.2) is 4.68 Å². The van der Waals surface area contributed by atoms with Gasteiger partial charge < -0.3 is 18.9 Å². The van der Waals surface area contributed by atoms with Crippen LogP contribution in [-0.2, 0) is 13.1 Å². The van der Waals surface area contributed by atoms with E-state index in [4.69, 9.17) is 14.6 Å². The van der Waals surface area contributed by atoms with Gasteiger partial charge in [-0.05, 0) is 67.4 Å². The molecule has 2 aliphatic heterocycles. The number of ether oxygens (including phenoxy) is 2. The molecule has 0 bridgehead atoms. The van der Waals surface area contributed by atoms with Crippen molar-refractivity contribution in [3.63, 3.8) is 0 Å². The van der Waals surface area contributed by atoms with Crippen LogP contribution in [0.5, 0.6) is 11.5 Å². The molecule has 32 heavy (non-hydrogen) atoms. The van der Waals surface area contributed by atoms with Crippen LogP contribution in [0.2, 0.25) is 0 Å². The van der Waals surface area contributed by atoms with E-state index < -0.39 is 0 Å². The lowest BCUT2D eigenvalue weighted by atomic mass is 10.1. The number of aromatic nitrogens is 3. The molecule has 1 amide bonds. The van der Waals surface area contributed by atoms with Crippen LogP contribution in [0.25, 0.3) is 11.5 Å². The summed E-state index contributed by atoms with van der Waals surface area (Å²) in [5.41, 5.74) is 6.05. The Hall–Kier alpha value is -4.00. The van der Waals surface area contributed by atoms with E-state index in [2.05, 4.69) is 36.6 Å². The van der Waals surface area contributed by atoms with E-state index in [-0.39, 0.29) is 12.7 Å². The normalized spacial score (nSPS) is 14.1. The summed E-state index contributed by atoms with van der Waals surface area (Å²) >= 11 is 0. The molecule has 6 rings (SSSR count). The zero-order valence-corrected chi connectivity index (χ0v) is 17.9. The Kier molecular flexibility index (Phi) is 4.11. The van der Waals surface area contributed by atoms with Gasteiger partial charge >= 0.3 is 0 Å². The third-order valence-electron chi connectivity index (χ3n) is 6.22. The molecular formula is C25H22N4O3. The quantitative estimate of drug-likeness (QED) is 0.494. The molecule has 4 aromatic rings. The molecule has 7 heteroatoms. The van der Waals surface area contributed by atoms with Crippen LogP contribution in [0.4, 0.5) is 0 Å². The minimum atomic E-state index is -0.0440. The van der Waals surface area contributed by atoms with E-state index in [0.717, 1.165) is 22.8 Å². The fourth-order valence-electron chi connectivity index (χ4n) is 4.34. The SMILES string of the molecule is Cc1ccc(-n2nc3c(c2-n2cccc2)CN(C(=O)c2ccc4c(c2)OCO4)C3)cc1C. The highest BCUT2D eigenvalue weighted by molar-refractivity contribution is 5.95. The Morgan fingerprint density at radius 1 is 0.938 bits per heavy atom. The molecule has 0 N–H and O–H groups in total. The van der Waals surface area contributed by atoms with E-state index in [9.17, 15) is 4.79 Å². The van der Waals surface area contributed by atoms with Gasteiger partial charge in [-0.3, -0.25) is 4.79 Å². The lowest BCUT2D eigenvalue weighted by Gasteiger charge is -2.18. The minimum absolute atomic E-state index is 0.0440. The average molecular weight is 426 g/mol. The molecule has 0 saturated carbocycles. The lowest BCUT2D eigenvalue weighted by molar-refractivity contribution is 0.0749. The second-order valence-corrected chi connectivity index (χ2v) is 8.25. The molecule has 0 saturated heterocycles. The van der Waals surface area contributed by atoms with Crippen LogP contribution in [0.1, 0.15) is 32.7 Å². The van der Waals surface area contributed by atoms with Crippen molar-refractivity contribution in [3.8, 4) is 23.0 Å². The van der Waals surface area contributed by atoms with Crippen LogP contribution in [0.3, 0.4) is 0 Å². The van der Waals surface area contributed by atoms with Crippen molar-refractivity contribution in [3.05, 3.63) is 88.9 Å². The molecular weight excluding hydrogens is 404 g/mol. The summed E-state index contributed by atoms with van der Waals surface area (Å²) in [4.78, 5) is 15.1. The summed E-state index contributed by atoms with van der Waals surface area (Å²) in [5.74, 6) is 2.21.